The van der Waals surface area contributed by atoms with Gasteiger partial charge in [-0.1, -0.05) is 69.1 Å². The van der Waals surface area contributed by atoms with Crippen LogP contribution in [0.25, 0.3) is 10.8 Å². The highest BCUT2D eigenvalue weighted by atomic mass is 16.5. The summed E-state index contributed by atoms with van der Waals surface area (Å²) in [7, 11) is 1.52. The molecule has 0 aliphatic carbocycles. The van der Waals surface area contributed by atoms with Crippen molar-refractivity contribution in [1.82, 2.24) is 0 Å². The molecule has 0 saturated heterocycles. The van der Waals surface area contributed by atoms with Crippen LogP contribution in [-0.2, 0) is 4.74 Å². The zero-order chi connectivity index (χ0) is 20.4. The molecule has 2 aromatic rings. The van der Waals surface area contributed by atoms with E-state index < -0.39 is 12.1 Å². The van der Waals surface area contributed by atoms with E-state index in [1.54, 1.807) is 6.07 Å². The smallest absolute Gasteiger partial charge is 0.129 e. The van der Waals surface area contributed by atoms with E-state index in [2.05, 4.69) is 18.8 Å². The second-order valence-electron chi connectivity index (χ2n) is 7.26. The molecule has 0 aliphatic heterocycles. The van der Waals surface area contributed by atoms with E-state index in [1.807, 2.05) is 24.3 Å². The van der Waals surface area contributed by atoms with Gasteiger partial charge in [-0.05, 0) is 23.9 Å². The molecule has 0 amide bonds. The fraction of sp³-hybridized carbons (Fsp3) is 0.500. The molecule has 0 heterocycles. The lowest BCUT2D eigenvalue weighted by atomic mass is 9.97. The molecule has 152 valence electrons. The summed E-state index contributed by atoms with van der Waals surface area (Å²) >= 11 is 0. The Kier molecular flexibility index (Phi) is 9.30. The molecule has 0 aromatic heterocycles. The van der Waals surface area contributed by atoms with Gasteiger partial charge < -0.3 is 20.7 Å². The van der Waals surface area contributed by atoms with Crippen molar-refractivity contribution in [3.8, 4) is 17.6 Å². The van der Waals surface area contributed by atoms with Crippen molar-refractivity contribution in [2.45, 2.75) is 64.0 Å². The van der Waals surface area contributed by atoms with Gasteiger partial charge in [-0.3, -0.25) is 0 Å². The monoisotopic (exact) mass is 383 g/mol. The summed E-state index contributed by atoms with van der Waals surface area (Å²) < 4.78 is 5.40. The van der Waals surface area contributed by atoms with Gasteiger partial charge in [0.25, 0.3) is 0 Å². The first kappa shape index (κ1) is 22.2. The Balaban J connectivity index is 2.12. The molecule has 28 heavy (non-hydrogen) atoms. The van der Waals surface area contributed by atoms with Crippen LogP contribution in [0.5, 0.6) is 5.75 Å². The topological polar surface area (TPSA) is 75.7 Å². The Morgan fingerprint density at radius 1 is 1.07 bits per heavy atom. The van der Waals surface area contributed by atoms with Gasteiger partial charge in [0.15, 0.2) is 0 Å². The van der Waals surface area contributed by atoms with Crippen molar-refractivity contribution >= 4 is 10.8 Å². The summed E-state index contributed by atoms with van der Waals surface area (Å²) in [6.07, 6.45) is 7.89. The minimum absolute atomic E-state index is 0.132. The van der Waals surface area contributed by atoms with Gasteiger partial charge in [-0.2, -0.15) is 0 Å². The molecule has 4 heteroatoms. The Morgan fingerprint density at radius 3 is 2.50 bits per heavy atom. The number of aromatic hydroxyl groups is 1. The lowest BCUT2D eigenvalue weighted by Gasteiger charge is -2.22. The number of benzene rings is 2. The zero-order valence-electron chi connectivity index (χ0n) is 17.1. The van der Waals surface area contributed by atoms with Crippen molar-refractivity contribution in [3.63, 3.8) is 0 Å². The van der Waals surface area contributed by atoms with Crippen LogP contribution in [0.4, 0.5) is 0 Å². The maximum absolute atomic E-state index is 10.8. The predicted octanol–water partition coefficient (Wildman–Crippen LogP) is 4.65. The summed E-state index contributed by atoms with van der Waals surface area (Å²) in [6, 6.07) is 8.96. The number of methoxy groups -OCH3 is 1. The molecule has 2 atom stereocenters. The van der Waals surface area contributed by atoms with E-state index in [9.17, 15) is 10.2 Å². The van der Waals surface area contributed by atoms with E-state index in [1.165, 1.54) is 39.2 Å². The van der Waals surface area contributed by atoms with Crippen LogP contribution in [0.1, 0.15) is 69.1 Å². The SMILES string of the molecule is CCCCCCCCC#Cc1ccc2ccc([C@H](OC)[C@H](N)CO)c(O)c2c1. The fourth-order valence-corrected chi connectivity index (χ4v) is 3.41. The number of unbranched alkanes of at least 4 members (excludes halogenated alkanes) is 6. The summed E-state index contributed by atoms with van der Waals surface area (Å²) in [4.78, 5) is 0. The van der Waals surface area contributed by atoms with Gasteiger partial charge in [0.1, 0.15) is 11.9 Å². The Labute approximate surface area is 168 Å². The maximum Gasteiger partial charge on any atom is 0.129 e. The highest BCUT2D eigenvalue weighted by molar-refractivity contribution is 5.90. The van der Waals surface area contributed by atoms with Crippen LogP contribution < -0.4 is 5.73 Å². The normalized spacial score (nSPS) is 13.1. The number of ether oxygens (including phenoxy) is 1. The number of phenolic OH excluding ortho intramolecular Hbond substituents is 1. The van der Waals surface area contributed by atoms with E-state index in [4.69, 9.17) is 10.5 Å². The van der Waals surface area contributed by atoms with E-state index in [0.29, 0.717) is 5.56 Å². The Bertz CT molecular complexity index is 807. The van der Waals surface area contributed by atoms with Crippen molar-refractivity contribution in [2.75, 3.05) is 13.7 Å². The molecule has 0 aliphatic rings. The molecule has 0 unspecified atom stereocenters. The highest BCUT2D eigenvalue weighted by Gasteiger charge is 2.22. The number of hydrogen-bond donors (Lipinski definition) is 3. The second-order valence-corrected chi connectivity index (χ2v) is 7.26. The fourth-order valence-electron chi connectivity index (χ4n) is 3.41. The first-order chi connectivity index (χ1) is 13.6. The summed E-state index contributed by atoms with van der Waals surface area (Å²) in [5.41, 5.74) is 7.39. The molecule has 0 fully saturated rings. The minimum atomic E-state index is -0.603. The molecule has 2 aromatic carbocycles. The first-order valence-electron chi connectivity index (χ1n) is 10.3. The lowest BCUT2D eigenvalue weighted by Crippen LogP contribution is -2.33. The van der Waals surface area contributed by atoms with Gasteiger partial charge >= 0.3 is 0 Å². The van der Waals surface area contributed by atoms with Crippen molar-refractivity contribution in [1.29, 1.82) is 0 Å². The van der Waals surface area contributed by atoms with Crippen molar-refractivity contribution in [3.05, 3.63) is 41.5 Å². The number of phenols is 1. The van der Waals surface area contributed by atoms with Crippen LogP contribution in [-0.4, -0.2) is 30.0 Å². The second kappa shape index (κ2) is 11.7. The van der Waals surface area contributed by atoms with Crippen LogP contribution >= 0.6 is 0 Å². The number of aliphatic hydroxyl groups is 1. The molecule has 2 rings (SSSR count). The van der Waals surface area contributed by atoms with E-state index in [-0.39, 0.29) is 12.4 Å². The van der Waals surface area contributed by atoms with Crippen LogP contribution in [0.15, 0.2) is 30.3 Å². The lowest BCUT2D eigenvalue weighted by molar-refractivity contribution is 0.0575. The average Bonchev–Trinajstić information content (AvgIpc) is 2.72. The largest absolute Gasteiger partial charge is 0.507 e. The summed E-state index contributed by atoms with van der Waals surface area (Å²) in [6.45, 7) is 2.01. The molecule has 0 bridgehead atoms. The first-order valence-corrected chi connectivity index (χ1v) is 10.3. The Hall–Kier alpha value is -2.06. The third-order valence-corrected chi connectivity index (χ3v) is 5.07. The van der Waals surface area contributed by atoms with Crippen LogP contribution in [0, 0.1) is 11.8 Å². The van der Waals surface area contributed by atoms with Gasteiger partial charge in [0, 0.05) is 30.0 Å². The van der Waals surface area contributed by atoms with Crippen molar-refractivity contribution < 1.29 is 14.9 Å². The standard InChI is InChI=1S/C24H33NO3/c1-3-4-5-6-7-8-9-10-11-18-12-13-19-14-15-20(23(27)21(19)16-18)24(28-2)22(25)17-26/h12-16,22,24,26-27H,3-9,17,25H2,1-2H3/t22-,24+/m1/s1. The van der Waals surface area contributed by atoms with Crippen molar-refractivity contribution in [2.24, 2.45) is 5.73 Å². The van der Waals surface area contributed by atoms with Crippen LogP contribution in [0.3, 0.4) is 0 Å². The average molecular weight is 384 g/mol. The number of fused-ring (bicyclic) bond motifs is 1. The van der Waals surface area contributed by atoms with Gasteiger partial charge in [0.05, 0.1) is 12.6 Å². The molecular formula is C24H33NO3. The molecule has 0 radical (unpaired) electrons. The molecule has 4 nitrogen and oxygen atoms in total. The number of hydrogen-bond acceptors (Lipinski definition) is 4. The number of nitrogens with two attached hydrogens (primary N) is 1. The Morgan fingerprint density at radius 2 is 1.79 bits per heavy atom. The molecular weight excluding hydrogens is 350 g/mol. The summed E-state index contributed by atoms with van der Waals surface area (Å²) in [5.74, 6) is 6.58. The van der Waals surface area contributed by atoms with E-state index in [0.717, 1.165) is 29.2 Å². The van der Waals surface area contributed by atoms with Gasteiger partial charge in [-0.25, -0.2) is 0 Å². The molecule has 4 N–H and O–H groups in total. The maximum atomic E-state index is 10.8. The summed E-state index contributed by atoms with van der Waals surface area (Å²) in [5, 5.41) is 21.8. The van der Waals surface area contributed by atoms with Gasteiger partial charge in [-0.15, -0.1) is 0 Å². The minimum Gasteiger partial charge on any atom is -0.507 e. The molecule has 0 spiro atoms. The number of rotatable bonds is 10. The zero-order valence-corrected chi connectivity index (χ0v) is 17.1. The van der Waals surface area contributed by atoms with Gasteiger partial charge in [0.2, 0.25) is 0 Å². The van der Waals surface area contributed by atoms with E-state index >= 15 is 0 Å². The quantitative estimate of drug-likeness (QED) is 0.412. The highest BCUT2D eigenvalue weighted by Crippen LogP contribution is 2.35. The predicted molar refractivity (Wildman–Crippen MR) is 115 cm³/mol. The van der Waals surface area contributed by atoms with Crippen LogP contribution in [0.2, 0.25) is 0 Å². The third kappa shape index (κ3) is 5.97. The third-order valence-electron chi connectivity index (χ3n) is 5.07. The number of aliphatic hydroxyl groups excluding tert-OH is 1. The molecule has 0 saturated carbocycles.